The van der Waals surface area contributed by atoms with E-state index in [9.17, 15) is 9.59 Å². The quantitative estimate of drug-likeness (QED) is 0.0942. The number of hydrogen-bond acceptors (Lipinski definition) is 4. The average Bonchev–Trinajstić information content (AvgIpc) is 2.91. The number of carbonyl (C=O) groups is 2. The molecule has 0 spiro atoms. The van der Waals surface area contributed by atoms with Crippen LogP contribution in [0.2, 0.25) is 0 Å². The lowest BCUT2D eigenvalue weighted by Gasteiger charge is -2.18. The number of carbonyl (C=O) groups excluding carboxylic acids is 2. The van der Waals surface area contributed by atoms with E-state index < -0.39 is 22.9 Å². The zero-order chi connectivity index (χ0) is 25.3. The standard InChI is InChI=1S/C30H26BrO4S/c1-22(31)30(33)35-28(23-11-5-2-6-12-23)21-29(32)34-24-17-19-27(20-18-24)36(25-13-7-3-8-14-25)26-15-9-4-10-16-26/h2-20,22,28H,21H2,1H3/q+1. The third-order valence-corrected chi connectivity index (χ3v) is 7.96. The third kappa shape index (κ3) is 6.86. The van der Waals surface area contributed by atoms with Crippen molar-refractivity contribution >= 4 is 38.8 Å². The molecule has 0 amide bonds. The summed E-state index contributed by atoms with van der Waals surface area (Å²) in [6, 6.07) is 37.5. The van der Waals surface area contributed by atoms with Crippen LogP contribution in [0.15, 0.2) is 130 Å². The van der Waals surface area contributed by atoms with Gasteiger partial charge in [-0.05, 0) is 61.0 Å². The molecule has 6 heteroatoms. The van der Waals surface area contributed by atoms with E-state index in [1.165, 1.54) is 9.79 Å². The molecule has 4 rings (SSSR count). The molecular weight excluding hydrogens is 536 g/mol. The maximum absolute atomic E-state index is 12.8. The van der Waals surface area contributed by atoms with Crippen molar-refractivity contribution in [3.05, 3.63) is 121 Å². The summed E-state index contributed by atoms with van der Waals surface area (Å²) in [5, 5.41) is 0. The Morgan fingerprint density at radius 1 is 0.722 bits per heavy atom. The number of benzene rings is 4. The predicted molar refractivity (Wildman–Crippen MR) is 145 cm³/mol. The second-order valence-electron chi connectivity index (χ2n) is 8.03. The molecule has 0 fully saturated rings. The van der Waals surface area contributed by atoms with Crippen molar-refractivity contribution in [3.63, 3.8) is 0 Å². The van der Waals surface area contributed by atoms with E-state index in [1.807, 2.05) is 91.0 Å². The van der Waals surface area contributed by atoms with Gasteiger partial charge in [0.1, 0.15) is 16.7 Å². The number of rotatable bonds is 9. The van der Waals surface area contributed by atoms with Crippen LogP contribution in [0.5, 0.6) is 5.75 Å². The van der Waals surface area contributed by atoms with E-state index in [4.69, 9.17) is 9.47 Å². The van der Waals surface area contributed by atoms with Crippen LogP contribution in [0.25, 0.3) is 0 Å². The largest absolute Gasteiger partial charge is 0.456 e. The highest BCUT2D eigenvalue weighted by Gasteiger charge is 2.28. The van der Waals surface area contributed by atoms with Crippen LogP contribution in [0.3, 0.4) is 0 Å². The molecule has 0 aromatic heterocycles. The number of hydrogen-bond donors (Lipinski definition) is 0. The van der Waals surface area contributed by atoms with Gasteiger partial charge in [0.25, 0.3) is 0 Å². The molecule has 0 heterocycles. The van der Waals surface area contributed by atoms with Crippen molar-refractivity contribution in [1.82, 2.24) is 0 Å². The fourth-order valence-corrected chi connectivity index (χ4v) is 5.81. The number of esters is 2. The average molecular weight is 563 g/mol. The Balaban J connectivity index is 1.50. The highest BCUT2D eigenvalue weighted by atomic mass is 79.9. The summed E-state index contributed by atoms with van der Waals surface area (Å²) in [6.45, 7) is 1.68. The first-order valence-electron chi connectivity index (χ1n) is 11.6. The number of ether oxygens (including phenoxy) is 2. The zero-order valence-corrected chi connectivity index (χ0v) is 22.2. The Morgan fingerprint density at radius 2 is 1.19 bits per heavy atom. The molecule has 0 aliphatic carbocycles. The van der Waals surface area contributed by atoms with Crippen molar-refractivity contribution in [2.75, 3.05) is 0 Å². The number of halogens is 1. The van der Waals surface area contributed by atoms with Crippen molar-refractivity contribution < 1.29 is 19.1 Å². The van der Waals surface area contributed by atoms with Gasteiger partial charge in [0.2, 0.25) is 0 Å². The van der Waals surface area contributed by atoms with E-state index in [1.54, 1.807) is 6.92 Å². The van der Waals surface area contributed by atoms with Gasteiger partial charge in [-0.25, -0.2) is 0 Å². The van der Waals surface area contributed by atoms with Crippen LogP contribution in [0.4, 0.5) is 0 Å². The summed E-state index contributed by atoms with van der Waals surface area (Å²) in [6.07, 6.45) is -0.817. The van der Waals surface area contributed by atoms with Crippen LogP contribution in [0, 0.1) is 0 Å². The van der Waals surface area contributed by atoms with Gasteiger partial charge in [0.15, 0.2) is 14.7 Å². The molecule has 0 saturated carbocycles. The van der Waals surface area contributed by atoms with Crippen molar-refractivity contribution in [1.29, 1.82) is 0 Å². The first-order chi connectivity index (χ1) is 17.5. The minimum atomic E-state index is -0.729. The maximum Gasteiger partial charge on any atom is 0.320 e. The van der Waals surface area contributed by atoms with Crippen molar-refractivity contribution in [2.45, 2.75) is 39.0 Å². The van der Waals surface area contributed by atoms with E-state index >= 15 is 0 Å². The Labute approximate surface area is 222 Å². The van der Waals surface area contributed by atoms with Gasteiger partial charge in [-0.2, -0.15) is 0 Å². The highest BCUT2D eigenvalue weighted by Crippen LogP contribution is 2.32. The summed E-state index contributed by atoms with van der Waals surface area (Å²) >= 11 is 3.22. The molecule has 0 radical (unpaired) electrons. The molecule has 2 atom stereocenters. The Bertz CT molecular complexity index is 1220. The Kier molecular flexibility index (Phi) is 8.98. The molecule has 0 bridgehead atoms. The molecule has 0 aliphatic heterocycles. The highest BCUT2D eigenvalue weighted by molar-refractivity contribution is 9.10. The predicted octanol–water partition coefficient (Wildman–Crippen LogP) is 7.15. The van der Waals surface area contributed by atoms with Gasteiger partial charge in [-0.1, -0.05) is 82.7 Å². The smallest absolute Gasteiger partial charge is 0.320 e. The monoisotopic (exact) mass is 561 g/mol. The summed E-state index contributed by atoms with van der Waals surface area (Å²) in [4.78, 5) is 28.0. The Morgan fingerprint density at radius 3 is 1.69 bits per heavy atom. The zero-order valence-electron chi connectivity index (χ0n) is 19.8. The van der Waals surface area contributed by atoms with Crippen LogP contribution >= 0.6 is 15.9 Å². The van der Waals surface area contributed by atoms with Crippen LogP contribution < -0.4 is 4.74 Å². The normalized spacial score (nSPS) is 12.5. The summed E-state index contributed by atoms with van der Waals surface area (Å²) in [5.74, 6) is -0.466. The molecule has 0 saturated heterocycles. The molecule has 182 valence electrons. The van der Waals surface area contributed by atoms with E-state index in [-0.39, 0.29) is 17.3 Å². The minimum Gasteiger partial charge on any atom is -0.456 e. The van der Waals surface area contributed by atoms with Gasteiger partial charge in [0, 0.05) is 0 Å². The lowest BCUT2D eigenvalue weighted by Crippen LogP contribution is -2.21. The van der Waals surface area contributed by atoms with E-state index in [2.05, 4.69) is 40.2 Å². The number of alkyl halides is 1. The molecule has 2 unspecified atom stereocenters. The molecule has 0 aliphatic rings. The van der Waals surface area contributed by atoms with Crippen LogP contribution in [0.1, 0.15) is 25.0 Å². The molecular formula is C30H26BrO4S+. The fraction of sp³-hybridized carbons (Fsp3) is 0.133. The fourth-order valence-electron chi connectivity index (χ4n) is 3.62. The third-order valence-electron chi connectivity index (χ3n) is 5.36. The van der Waals surface area contributed by atoms with Crippen molar-refractivity contribution in [2.24, 2.45) is 0 Å². The summed E-state index contributed by atoms with van der Waals surface area (Å²) in [7, 11) is -0.283. The summed E-state index contributed by atoms with van der Waals surface area (Å²) in [5.41, 5.74) is 0.737. The lowest BCUT2D eigenvalue weighted by molar-refractivity contribution is -0.151. The SMILES string of the molecule is CC(Br)C(=O)OC(CC(=O)Oc1ccc([S+](c2ccccc2)c2ccccc2)cc1)c1ccccc1. The summed E-state index contributed by atoms with van der Waals surface area (Å²) < 4.78 is 11.2. The van der Waals surface area contributed by atoms with Crippen molar-refractivity contribution in [3.8, 4) is 5.75 Å². The molecule has 0 N–H and O–H groups in total. The van der Waals surface area contributed by atoms with E-state index in [0.717, 1.165) is 10.5 Å². The first-order valence-corrected chi connectivity index (χ1v) is 13.7. The van der Waals surface area contributed by atoms with Gasteiger partial charge < -0.3 is 9.47 Å². The van der Waals surface area contributed by atoms with Crippen LogP contribution in [-0.2, 0) is 25.2 Å². The molecule has 4 nitrogen and oxygen atoms in total. The van der Waals surface area contributed by atoms with E-state index in [0.29, 0.717) is 5.75 Å². The second-order valence-corrected chi connectivity index (χ2v) is 11.4. The Hall–Kier alpha value is -3.35. The topological polar surface area (TPSA) is 52.6 Å². The molecule has 4 aromatic carbocycles. The minimum absolute atomic E-state index is 0.0877. The molecule has 4 aromatic rings. The molecule has 36 heavy (non-hydrogen) atoms. The maximum atomic E-state index is 12.8. The van der Waals surface area contributed by atoms with Crippen LogP contribution in [-0.4, -0.2) is 16.8 Å². The first kappa shape index (κ1) is 25.7. The van der Waals surface area contributed by atoms with Gasteiger partial charge >= 0.3 is 11.9 Å². The lowest BCUT2D eigenvalue weighted by atomic mass is 10.1. The van der Waals surface area contributed by atoms with Gasteiger partial charge in [0.05, 0.1) is 17.3 Å². The second kappa shape index (κ2) is 12.6. The van der Waals surface area contributed by atoms with Gasteiger partial charge in [-0.3, -0.25) is 9.59 Å². The van der Waals surface area contributed by atoms with Gasteiger partial charge in [-0.15, -0.1) is 0 Å².